The van der Waals surface area contributed by atoms with E-state index in [1.807, 2.05) is 0 Å². The van der Waals surface area contributed by atoms with Crippen LogP contribution in [0.3, 0.4) is 0 Å². The summed E-state index contributed by atoms with van der Waals surface area (Å²) in [5.74, 6) is -2.02. The first-order chi connectivity index (χ1) is 10.0. The molecule has 21 heavy (non-hydrogen) atoms. The number of fused-ring (bicyclic) bond motifs is 1. The molecule has 0 aliphatic carbocycles. The summed E-state index contributed by atoms with van der Waals surface area (Å²) < 4.78 is 28.6. The SMILES string of the molecule is O=C(O)c1ccc2ccn(Cc3cc(F)ccc3F)c2c1. The maximum atomic E-state index is 13.7. The maximum absolute atomic E-state index is 13.7. The molecule has 0 unspecified atom stereocenters. The average Bonchev–Trinajstić information content (AvgIpc) is 2.85. The van der Waals surface area contributed by atoms with E-state index in [0.29, 0.717) is 5.52 Å². The van der Waals surface area contributed by atoms with Gasteiger partial charge in [0.1, 0.15) is 11.6 Å². The number of carboxylic acid groups (broad SMARTS) is 1. The van der Waals surface area contributed by atoms with Gasteiger partial charge < -0.3 is 9.67 Å². The van der Waals surface area contributed by atoms with Gasteiger partial charge in [0.25, 0.3) is 0 Å². The van der Waals surface area contributed by atoms with Crippen LogP contribution in [0.2, 0.25) is 0 Å². The summed E-state index contributed by atoms with van der Waals surface area (Å²) in [6.45, 7) is 0.135. The normalized spacial score (nSPS) is 11.0. The molecule has 106 valence electrons. The van der Waals surface area contributed by atoms with Crippen LogP contribution in [0.4, 0.5) is 8.78 Å². The van der Waals surface area contributed by atoms with Gasteiger partial charge in [0.05, 0.1) is 12.1 Å². The lowest BCUT2D eigenvalue weighted by Gasteiger charge is -2.07. The quantitative estimate of drug-likeness (QED) is 0.798. The number of aromatic carboxylic acids is 1. The number of halogens is 2. The van der Waals surface area contributed by atoms with E-state index in [9.17, 15) is 13.6 Å². The highest BCUT2D eigenvalue weighted by atomic mass is 19.1. The Labute approximate surface area is 119 Å². The topological polar surface area (TPSA) is 42.2 Å². The number of hydrogen-bond acceptors (Lipinski definition) is 1. The van der Waals surface area contributed by atoms with Gasteiger partial charge in [-0.15, -0.1) is 0 Å². The van der Waals surface area contributed by atoms with Crippen LogP contribution in [0.5, 0.6) is 0 Å². The molecule has 0 saturated carbocycles. The van der Waals surface area contributed by atoms with Crippen molar-refractivity contribution in [3.63, 3.8) is 0 Å². The van der Waals surface area contributed by atoms with Crippen molar-refractivity contribution in [2.24, 2.45) is 0 Å². The Morgan fingerprint density at radius 1 is 1.10 bits per heavy atom. The van der Waals surface area contributed by atoms with E-state index in [1.165, 1.54) is 12.1 Å². The number of aromatic nitrogens is 1. The fourth-order valence-corrected chi connectivity index (χ4v) is 2.30. The van der Waals surface area contributed by atoms with Crippen molar-refractivity contribution in [2.45, 2.75) is 6.54 Å². The number of nitrogens with zero attached hydrogens (tertiary/aromatic N) is 1. The van der Waals surface area contributed by atoms with E-state index >= 15 is 0 Å². The van der Waals surface area contributed by atoms with Gasteiger partial charge in [-0.1, -0.05) is 6.07 Å². The van der Waals surface area contributed by atoms with Gasteiger partial charge >= 0.3 is 5.97 Å². The van der Waals surface area contributed by atoms with Gasteiger partial charge in [-0.3, -0.25) is 0 Å². The van der Waals surface area contributed by atoms with E-state index in [-0.39, 0.29) is 17.7 Å². The Morgan fingerprint density at radius 2 is 1.90 bits per heavy atom. The molecule has 3 nitrogen and oxygen atoms in total. The summed E-state index contributed by atoms with van der Waals surface area (Å²) >= 11 is 0. The third-order valence-corrected chi connectivity index (χ3v) is 3.37. The zero-order valence-corrected chi connectivity index (χ0v) is 10.9. The molecule has 0 spiro atoms. The summed E-state index contributed by atoms with van der Waals surface area (Å²) in [6, 6.07) is 9.82. The summed E-state index contributed by atoms with van der Waals surface area (Å²) in [5, 5.41) is 9.87. The number of carboxylic acids is 1. The lowest BCUT2D eigenvalue weighted by Crippen LogP contribution is -2.02. The predicted octanol–water partition coefficient (Wildman–Crippen LogP) is 3.67. The van der Waals surface area contributed by atoms with E-state index < -0.39 is 17.6 Å². The van der Waals surface area contributed by atoms with E-state index in [2.05, 4.69) is 0 Å². The summed E-state index contributed by atoms with van der Waals surface area (Å²) in [6.07, 6.45) is 1.72. The number of benzene rings is 2. The third-order valence-electron chi connectivity index (χ3n) is 3.37. The Bertz CT molecular complexity index is 839. The van der Waals surface area contributed by atoms with Gasteiger partial charge in [-0.2, -0.15) is 0 Å². The second kappa shape index (κ2) is 5.01. The molecule has 0 fully saturated rings. The highest BCUT2D eigenvalue weighted by Gasteiger charge is 2.09. The van der Waals surface area contributed by atoms with Crippen LogP contribution in [-0.2, 0) is 6.54 Å². The van der Waals surface area contributed by atoms with Gasteiger partial charge in [0, 0.05) is 17.3 Å². The molecule has 2 aromatic carbocycles. The Morgan fingerprint density at radius 3 is 2.67 bits per heavy atom. The lowest BCUT2D eigenvalue weighted by molar-refractivity contribution is 0.0697. The first kappa shape index (κ1) is 13.3. The minimum Gasteiger partial charge on any atom is -0.478 e. The highest BCUT2D eigenvalue weighted by Crippen LogP contribution is 2.20. The molecule has 5 heteroatoms. The van der Waals surface area contributed by atoms with Crippen molar-refractivity contribution in [1.82, 2.24) is 4.57 Å². The molecular weight excluding hydrogens is 276 g/mol. The number of hydrogen-bond donors (Lipinski definition) is 1. The van der Waals surface area contributed by atoms with Crippen LogP contribution >= 0.6 is 0 Å². The monoisotopic (exact) mass is 287 g/mol. The van der Waals surface area contributed by atoms with Crippen LogP contribution in [0.15, 0.2) is 48.7 Å². The van der Waals surface area contributed by atoms with E-state index in [0.717, 1.165) is 23.6 Å². The molecule has 0 atom stereocenters. The summed E-state index contributed by atoms with van der Waals surface area (Å²) in [5.41, 5.74) is 1.04. The van der Waals surface area contributed by atoms with Crippen molar-refractivity contribution in [3.8, 4) is 0 Å². The van der Waals surface area contributed by atoms with E-state index in [1.54, 1.807) is 22.9 Å². The minimum atomic E-state index is -1.03. The van der Waals surface area contributed by atoms with Crippen molar-refractivity contribution in [3.05, 3.63) is 71.4 Å². The number of rotatable bonds is 3. The maximum Gasteiger partial charge on any atom is 0.335 e. The average molecular weight is 287 g/mol. The Balaban J connectivity index is 2.06. The van der Waals surface area contributed by atoms with Crippen LogP contribution in [-0.4, -0.2) is 15.6 Å². The Kier molecular flexibility index (Phi) is 3.17. The molecule has 0 amide bonds. The van der Waals surface area contributed by atoms with E-state index in [4.69, 9.17) is 5.11 Å². The molecule has 0 aliphatic rings. The predicted molar refractivity (Wildman–Crippen MR) is 74.4 cm³/mol. The standard InChI is InChI=1S/C16H11F2NO2/c17-13-3-4-14(18)12(7-13)9-19-6-5-10-1-2-11(16(20)21)8-15(10)19/h1-8H,9H2,(H,20,21). The molecule has 1 N–H and O–H groups in total. The van der Waals surface area contributed by atoms with Crippen molar-refractivity contribution in [1.29, 1.82) is 0 Å². The molecule has 0 saturated heterocycles. The second-order valence-electron chi connectivity index (χ2n) is 4.76. The van der Waals surface area contributed by atoms with Crippen LogP contribution in [0, 0.1) is 11.6 Å². The minimum absolute atomic E-state index is 0.135. The highest BCUT2D eigenvalue weighted by molar-refractivity contribution is 5.93. The van der Waals surface area contributed by atoms with Crippen molar-refractivity contribution < 1.29 is 18.7 Å². The van der Waals surface area contributed by atoms with Crippen molar-refractivity contribution in [2.75, 3.05) is 0 Å². The van der Waals surface area contributed by atoms with Crippen LogP contribution in [0.1, 0.15) is 15.9 Å². The van der Waals surface area contributed by atoms with Gasteiger partial charge in [-0.25, -0.2) is 13.6 Å². The molecule has 3 rings (SSSR count). The third kappa shape index (κ3) is 2.50. The first-order valence-electron chi connectivity index (χ1n) is 6.31. The smallest absolute Gasteiger partial charge is 0.335 e. The molecular formula is C16H11F2NO2. The fraction of sp³-hybridized carbons (Fsp3) is 0.0625. The summed E-state index contributed by atoms with van der Waals surface area (Å²) in [4.78, 5) is 11.0. The van der Waals surface area contributed by atoms with Crippen molar-refractivity contribution >= 4 is 16.9 Å². The molecule has 0 bridgehead atoms. The summed E-state index contributed by atoms with van der Waals surface area (Å²) in [7, 11) is 0. The Hall–Kier alpha value is -2.69. The van der Waals surface area contributed by atoms with Crippen LogP contribution < -0.4 is 0 Å². The molecule has 1 aromatic heterocycles. The molecule has 0 radical (unpaired) electrons. The van der Waals surface area contributed by atoms with Crippen LogP contribution in [0.25, 0.3) is 10.9 Å². The first-order valence-corrected chi connectivity index (χ1v) is 6.31. The fourth-order valence-electron chi connectivity index (χ4n) is 2.30. The second-order valence-corrected chi connectivity index (χ2v) is 4.76. The zero-order valence-electron chi connectivity index (χ0n) is 10.9. The molecule has 1 heterocycles. The largest absolute Gasteiger partial charge is 0.478 e. The van der Waals surface area contributed by atoms with Gasteiger partial charge in [-0.05, 0) is 41.8 Å². The van der Waals surface area contributed by atoms with Gasteiger partial charge in [0.2, 0.25) is 0 Å². The molecule has 3 aromatic rings. The lowest BCUT2D eigenvalue weighted by atomic mass is 10.1. The number of carbonyl (C=O) groups is 1. The molecule has 0 aliphatic heterocycles. The van der Waals surface area contributed by atoms with Gasteiger partial charge in [0.15, 0.2) is 0 Å². The zero-order chi connectivity index (χ0) is 15.0.